The Morgan fingerprint density at radius 2 is 2.33 bits per heavy atom. The van der Waals surface area contributed by atoms with Gasteiger partial charge in [-0.3, -0.25) is 0 Å². The Kier molecular flexibility index (Phi) is 2.46. The molecule has 1 rings (SSSR count). The maximum absolute atomic E-state index is 12.6. The molecule has 0 N–H and O–H groups in total. The Morgan fingerprint density at radius 3 is 2.67 bits per heavy atom. The van der Waals surface area contributed by atoms with E-state index in [1.165, 1.54) is 0 Å². The molecule has 1 atom stereocenters. The fourth-order valence-corrected chi connectivity index (χ4v) is 1.52. The molecule has 1 saturated heterocycles. The molecule has 0 aromatic heterocycles. The molecule has 1 aliphatic rings. The third-order valence-corrected chi connectivity index (χ3v) is 1.96. The summed E-state index contributed by atoms with van der Waals surface area (Å²) in [4.78, 5) is 10.5. The smallest absolute Gasteiger partial charge is 0.248 e. The van der Waals surface area contributed by atoms with Gasteiger partial charge in [-0.05, 0) is 19.8 Å². The second-order valence-corrected chi connectivity index (χ2v) is 3.38. The van der Waals surface area contributed by atoms with E-state index in [-0.39, 0.29) is 0 Å². The zero-order chi connectivity index (χ0) is 9.24. The molecular formula is C8H12F2O2. The van der Waals surface area contributed by atoms with E-state index in [1.807, 2.05) is 0 Å². The number of carbonyl (C=O) groups is 1. The van der Waals surface area contributed by atoms with Gasteiger partial charge in [0.25, 0.3) is 0 Å². The van der Waals surface area contributed by atoms with Crippen LogP contribution in [0.1, 0.15) is 26.2 Å². The second kappa shape index (κ2) is 3.09. The van der Waals surface area contributed by atoms with Crippen LogP contribution in [0.5, 0.6) is 0 Å². The summed E-state index contributed by atoms with van der Waals surface area (Å²) < 4.78 is 30.2. The largest absolute Gasteiger partial charge is 0.367 e. The first-order chi connectivity index (χ1) is 5.47. The molecular weight excluding hydrogens is 166 g/mol. The molecule has 0 aromatic carbocycles. The number of ether oxygens (including phenoxy) is 1. The van der Waals surface area contributed by atoms with E-state index in [0.29, 0.717) is 25.7 Å². The minimum atomic E-state index is -2.83. The van der Waals surface area contributed by atoms with Gasteiger partial charge in [-0.25, -0.2) is 8.78 Å². The van der Waals surface area contributed by atoms with Crippen molar-refractivity contribution in [2.45, 2.75) is 37.7 Å². The van der Waals surface area contributed by atoms with Gasteiger partial charge in [-0.1, -0.05) is 0 Å². The minimum Gasteiger partial charge on any atom is -0.367 e. The van der Waals surface area contributed by atoms with Gasteiger partial charge >= 0.3 is 0 Å². The van der Waals surface area contributed by atoms with Crippen molar-refractivity contribution in [2.75, 3.05) is 6.61 Å². The van der Waals surface area contributed by atoms with Gasteiger partial charge in [-0.15, -0.1) is 0 Å². The minimum absolute atomic E-state index is 0.412. The predicted octanol–water partition coefficient (Wildman–Crippen LogP) is 1.78. The lowest BCUT2D eigenvalue weighted by molar-refractivity contribution is -0.136. The molecule has 0 spiro atoms. The van der Waals surface area contributed by atoms with Gasteiger partial charge in [-0.2, -0.15) is 0 Å². The predicted molar refractivity (Wildman–Crippen MR) is 39.2 cm³/mol. The second-order valence-electron chi connectivity index (χ2n) is 3.38. The Bertz CT molecular complexity index is 168. The third-order valence-electron chi connectivity index (χ3n) is 1.96. The van der Waals surface area contributed by atoms with Crippen LogP contribution in [0.3, 0.4) is 0 Å². The summed E-state index contributed by atoms with van der Waals surface area (Å²) in [5.41, 5.74) is -1.21. The molecule has 0 radical (unpaired) electrons. The van der Waals surface area contributed by atoms with Gasteiger partial charge < -0.3 is 9.53 Å². The molecule has 12 heavy (non-hydrogen) atoms. The van der Waals surface area contributed by atoms with Crippen molar-refractivity contribution in [3.63, 3.8) is 0 Å². The standard InChI is InChI=1S/C8H12F2O2/c1-7(9,10)5-8(6-11)3-2-4-12-8/h6H,2-5H2,1H3. The summed E-state index contributed by atoms with van der Waals surface area (Å²) in [5.74, 6) is -2.83. The maximum atomic E-state index is 12.6. The molecule has 1 fully saturated rings. The van der Waals surface area contributed by atoms with Crippen molar-refractivity contribution in [3.8, 4) is 0 Å². The summed E-state index contributed by atoms with van der Waals surface area (Å²) in [7, 11) is 0. The van der Waals surface area contributed by atoms with E-state index in [4.69, 9.17) is 4.74 Å². The van der Waals surface area contributed by atoms with E-state index < -0.39 is 17.9 Å². The van der Waals surface area contributed by atoms with Gasteiger partial charge in [0, 0.05) is 13.0 Å². The van der Waals surface area contributed by atoms with Gasteiger partial charge in [0.2, 0.25) is 5.92 Å². The summed E-state index contributed by atoms with van der Waals surface area (Å²) >= 11 is 0. The van der Waals surface area contributed by atoms with Crippen molar-refractivity contribution in [2.24, 2.45) is 0 Å². The van der Waals surface area contributed by atoms with Crippen molar-refractivity contribution in [1.82, 2.24) is 0 Å². The van der Waals surface area contributed by atoms with E-state index in [1.54, 1.807) is 0 Å². The van der Waals surface area contributed by atoms with Crippen LogP contribution >= 0.6 is 0 Å². The number of hydrogen-bond acceptors (Lipinski definition) is 2. The summed E-state index contributed by atoms with van der Waals surface area (Å²) in [5, 5.41) is 0. The molecule has 2 nitrogen and oxygen atoms in total. The van der Waals surface area contributed by atoms with Crippen LogP contribution in [0.4, 0.5) is 8.78 Å². The first-order valence-electron chi connectivity index (χ1n) is 3.96. The van der Waals surface area contributed by atoms with Gasteiger partial charge in [0.15, 0.2) is 6.29 Å². The van der Waals surface area contributed by atoms with Crippen LogP contribution in [-0.4, -0.2) is 24.4 Å². The van der Waals surface area contributed by atoms with Crippen LogP contribution in [0.15, 0.2) is 0 Å². The molecule has 0 amide bonds. The zero-order valence-corrected chi connectivity index (χ0v) is 6.98. The fraction of sp³-hybridized carbons (Fsp3) is 0.875. The van der Waals surface area contributed by atoms with Gasteiger partial charge in [0.05, 0.1) is 0 Å². The molecule has 0 bridgehead atoms. The Hall–Kier alpha value is -0.510. The molecule has 4 heteroatoms. The zero-order valence-electron chi connectivity index (χ0n) is 6.98. The number of aldehydes is 1. The van der Waals surface area contributed by atoms with Crippen LogP contribution in [-0.2, 0) is 9.53 Å². The van der Waals surface area contributed by atoms with Crippen molar-refractivity contribution in [1.29, 1.82) is 0 Å². The highest BCUT2D eigenvalue weighted by atomic mass is 19.3. The highest BCUT2D eigenvalue weighted by Crippen LogP contribution is 2.34. The lowest BCUT2D eigenvalue weighted by Gasteiger charge is -2.24. The normalized spacial score (nSPS) is 30.6. The van der Waals surface area contributed by atoms with E-state index in [2.05, 4.69) is 0 Å². The average molecular weight is 178 g/mol. The molecule has 0 aliphatic carbocycles. The fourth-order valence-electron chi connectivity index (χ4n) is 1.52. The number of hydrogen-bond donors (Lipinski definition) is 0. The quantitative estimate of drug-likeness (QED) is 0.616. The summed E-state index contributed by atoms with van der Waals surface area (Å²) in [6.45, 7) is 1.22. The van der Waals surface area contributed by atoms with Crippen LogP contribution in [0.2, 0.25) is 0 Å². The van der Waals surface area contributed by atoms with E-state index in [9.17, 15) is 13.6 Å². The SMILES string of the molecule is CC(F)(F)CC1(C=O)CCCO1. The first-order valence-corrected chi connectivity index (χ1v) is 3.96. The Labute approximate surface area is 69.9 Å². The number of rotatable bonds is 3. The Balaban J connectivity index is 2.62. The molecule has 1 unspecified atom stereocenters. The van der Waals surface area contributed by atoms with Crippen molar-refractivity contribution >= 4 is 6.29 Å². The molecule has 0 saturated carbocycles. The summed E-state index contributed by atoms with van der Waals surface area (Å²) in [6.07, 6.45) is 1.12. The van der Waals surface area contributed by atoms with E-state index >= 15 is 0 Å². The molecule has 70 valence electrons. The Morgan fingerprint density at radius 1 is 1.67 bits per heavy atom. The highest BCUT2D eigenvalue weighted by molar-refractivity contribution is 5.63. The monoisotopic (exact) mass is 178 g/mol. The lowest BCUT2D eigenvalue weighted by Crippen LogP contribution is -2.36. The average Bonchev–Trinajstić information content (AvgIpc) is 2.34. The molecule has 1 aliphatic heterocycles. The lowest BCUT2D eigenvalue weighted by atomic mass is 9.95. The molecule has 1 heterocycles. The highest BCUT2D eigenvalue weighted by Gasteiger charge is 2.42. The summed E-state index contributed by atoms with van der Waals surface area (Å²) in [6, 6.07) is 0. The van der Waals surface area contributed by atoms with Crippen LogP contribution in [0, 0.1) is 0 Å². The number of carbonyl (C=O) groups excluding carboxylic acids is 1. The van der Waals surface area contributed by atoms with E-state index in [0.717, 1.165) is 6.92 Å². The number of alkyl halides is 2. The molecule has 0 aromatic rings. The number of halogens is 2. The first kappa shape index (κ1) is 9.58. The topological polar surface area (TPSA) is 26.3 Å². The maximum Gasteiger partial charge on any atom is 0.248 e. The van der Waals surface area contributed by atoms with Crippen LogP contribution < -0.4 is 0 Å². The van der Waals surface area contributed by atoms with Crippen molar-refractivity contribution < 1.29 is 18.3 Å². The van der Waals surface area contributed by atoms with Crippen molar-refractivity contribution in [3.05, 3.63) is 0 Å². The van der Waals surface area contributed by atoms with Crippen LogP contribution in [0.25, 0.3) is 0 Å². The third kappa shape index (κ3) is 2.24. The van der Waals surface area contributed by atoms with Gasteiger partial charge in [0.1, 0.15) is 5.60 Å².